The van der Waals surface area contributed by atoms with E-state index < -0.39 is 6.10 Å². The number of halogens is 1. The molecular formula is C18H19FN2O2. The quantitative estimate of drug-likeness (QED) is 0.884. The fraction of sp³-hybridized carbons (Fsp3) is 0.278. The Morgan fingerprint density at radius 3 is 2.57 bits per heavy atom. The number of hydrogen-bond acceptors (Lipinski definition) is 3. The Morgan fingerprint density at radius 2 is 1.91 bits per heavy atom. The number of amides is 1. The Balaban J connectivity index is 2.00. The van der Waals surface area contributed by atoms with Crippen molar-refractivity contribution in [3.8, 4) is 5.75 Å². The van der Waals surface area contributed by atoms with E-state index in [9.17, 15) is 9.18 Å². The third-order valence-corrected chi connectivity index (χ3v) is 3.90. The Labute approximate surface area is 134 Å². The summed E-state index contributed by atoms with van der Waals surface area (Å²) in [4.78, 5) is 14.5. The van der Waals surface area contributed by atoms with Gasteiger partial charge < -0.3 is 15.4 Å². The van der Waals surface area contributed by atoms with Crippen molar-refractivity contribution in [3.63, 3.8) is 0 Å². The zero-order valence-corrected chi connectivity index (χ0v) is 13.1. The van der Waals surface area contributed by atoms with Crippen LogP contribution in [0.15, 0.2) is 42.5 Å². The van der Waals surface area contributed by atoms with E-state index in [-0.39, 0.29) is 17.6 Å². The predicted octanol–water partition coefficient (Wildman–Crippen LogP) is 3.36. The third kappa shape index (κ3) is 2.99. The van der Waals surface area contributed by atoms with Crippen LogP contribution < -0.4 is 15.4 Å². The number of benzene rings is 2. The average molecular weight is 314 g/mol. The van der Waals surface area contributed by atoms with Gasteiger partial charge in [0.05, 0.1) is 12.2 Å². The number of nitrogen functional groups attached to an aromatic ring is 1. The lowest BCUT2D eigenvalue weighted by atomic mass is 10.0. The molecule has 120 valence electrons. The van der Waals surface area contributed by atoms with Gasteiger partial charge in [0.25, 0.3) is 5.91 Å². The monoisotopic (exact) mass is 314 g/mol. The summed E-state index contributed by atoms with van der Waals surface area (Å²) in [7, 11) is 0. The third-order valence-electron chi connectivity index (χ3n) is 3.90. The van der Waals surface area contributed by atoms with Crippen molar-refractivity contribution < 1.29 is 13.9 Å². The van der Waals surface area contributed by atoms with Crippen LogP contribution in [0.4, 0.5) is 15.8 Å². The van der Waals surface area contributed by atoms with Gasteiger partial charge in [-0.15, -0.1) is 0 Å². The second-order valence-corrected chi connectivity index (χ2v) is 6.06. The van der Waals surface area contributed by atoms with Crippen molar-refractivity contribution in [1.29, 1.82) is 0 Å². The molecule has 0 saturated carbocycles. The van der Waals surface area contributed by atoms with Crippen LogP contribution in [0.1, 0.15) is 19.4 Å². The Bertz CT molecular complexity index is 728. The van der Waals surface area contributed by atoms with Gasteiger partial charge in [-0.1, -0.05) is 26.0 Å². The Kier molecular flexibility index (Phi) is 3.94. The standard InChI is InChI=1S/C18H19FN2O2/c1-11(2)17-18(22)21(10-12-3-5-13(19)6-4-12)15-9-14(20)7-8-16(15)23-17/h3-9,11,17H,10,20H2,1-2H3. The minimum absolute atomic E-state index is 0.0453. The molecule has 1 heterocycles. The molecule has 0 radical (unpaired) electrons. The number of carbonyl (C=O) groups is 1. The fourth-order valence-corrected chi connectivity index (χ4v) is 2.66. The Morgan fingerprint density at radius 1 is 1.22 bits per heavy atom. The molecule has 1 unspecified atom stereocenters. The zero-order valence-electron chi connectivity index (χ0n) is 13.1. The van der Waals surface area contributed by atoms with E-state index in [0.29, 0.717) is 23.7 Å². The van der Waals surface area contributed by atoms with Crippen molar-refractivity contribution in [2.45, 2.75) is 26.5 Å². The highest BCUT2D eigenvalue weighted by Gasteiger charge is 2.36. The largest absolute Gasteiger partial charge is 0.478 e. The number of ether oxygens (including phenoxy) is 1. The molecular weight excluding hydrogens is 295 g/mol. The molecule has 1 aliphatic rings. The highest BCUT2D eigenvalue weighted by Crippen LogP contribution is 2.38. The first kappa shape index (κ1) is 15.3. The van der Waals surface area contributed by atoms with Crippen LogP contribution in [-0.2, 0) is 11.3 Å². The smallest absolute Gasteiger partial charge is 0.268 e. The van der Waals surface area contributed by atoms with E-state index in [4.69, 9.17) is 10.5 Å². The maximum absolute atomic E-state index is 13.1. The summed E-state index contributed by atoms with van der Waals surface area (Å²) in [5.41, 5.74) is 7.91. The zero-order chi connectivity index (χ0) is 16.6. The van der Waals surface area contributed by atoms with Gasteiger partial charge in [0.15, 0.2) is 6.10 Å². The summed E-state index contributed by atoms with van der Waals surface area (Å²) >= 11 is 0. The first-order chi connectivity index (χ1) is 11.0. The molecule has 2 aromatic carbocycles. The first-order valence-corrected chi connectivity index (χ1v) is 7.57. The molecule has 0 spiro atoms. The highest BCUT2D eigenvalue weighted by molar-refractivity contribution is 6.00. The van der Waals surface area contributed by atoms with Crippen LogP contribution in [0.3, 0.4) is 0 Å². The maximum atomic E-state index is 13.1. The molecule has 3 rings (SSSR count). The molecule has 1 atom stereocenters. The van der Waals surface area contributed by atoms with Crippen LogP contribution in [0.25, 0.3) is 0 Å². The highest BCUT2D eigenvalue weighted by atomic mass is 19.1. The van der Waals surface area contributed by atoms with Crippen molar-refractivity contribution in [3.05, 3.63) is 53.8 Å². The molecule has 23 heavy (non-hydrogen) atoms. The normalized spacial score (nSPS) is 17.1. The van der Waals surface area contributed by atoms with Gasteiger partial charge in [-0.25, -0.2) is 4.39 Å². The number of rotatable bonds is 3. The van der Waals surface area contributed by atoms with Gasteiger partial charge in [-0.2, -0.15) is 0 Å². The SMILES string of the molecule is CC(C)C1Oc2ccc(N)cc2N(Cc2ccc(F)cc2)C1=O. The fourth-order valence-electron chi connectivity index (χ4n) is 2.66. The van der Waals surface area contributed by atoms with Crippen molar-refractivity contribution in [2.75, 3.05) is 10.6 Å². The van der Waals surface area contributed by atoms with Gasteiger partial charge in [-0.3, -0.25) is 4.79 Å². The lowest BCUT2D eigenvalue weighted by Gasteiger charge is -2.36. The van der Waals surface area contributed by atoms with Crippen molar-refractivity contribution in [1.82, 2.24) is 0 Å². The van der Waals surface area contributed by atoms with E-state index in [1.807, 2.05) is 13.8 Å². The van der Waals surface area contributed by atoms with Crippen LogP contribution in [-0.4, -0.2) is 12.0 Å². The summed E-state index contributed by atoms with van der Waals surface area (Å²) in [6.45, 7) is 4.24. The second kappa shape index (κ2) is 5.91. The number of hydrogen-bond donors (Lipinski definition) is 1. The number of nitrogens with two attached hydrogens (primary N) is 1. The molecule has 2 N–H and O–H groups in total. The molecule has 0 aromatic heterocycles. The summed E-state index contributed by atoms with van der Waals surface area (Å²) < 4.78 is 18.9. The van der Waals surface area contributed by atoms with E-state index in [0.717, 1.165) is 5.56 Å². The molecule has 2 aromatic rings. The molecule has 0 fully saturated rings. The van der Waals surface area contributed by atoms with Gasteiger partial charge in [0.1, 0.15) is 11.6 Å². The summed E-state index contributed by atoms with van der Waals surface area (Å²) in [5.74, 6) is 0.276. The van der Waals surface area contributed by atoms with Crippen molar-refractivity contribution in [2.24, 2.45) is 5.92 Å². The molecule has 0 aliphatic carbocycles. The number of anilines is 2. The maximum Gasteiger partial charge on any atom is 0.268 e. The lowest BCUT2D eigenvalue weighted by molar-refractivity contribution is -0.128. The van der Waals surface area contributed by atoms with Crippen LogP contribution in [0, 0.1) is 11.7 Å². The molecule has 4 nitrogen and oxygen atoms in total. The average Bonchev–Trinajstić information content (AvgIpc) is 2.51. The molecule has 5 heteroatoms. The van der Waals surface area contributed by atoms with E-state index >= 15 is 0 Å². The molecule has 1 amide bonds. The lowest BCUT2D eigenvalue weighted by Crippen LogP contribution is -2.48. The molecule has 0 bridgehead atoms. The summed E-state index contributed by atoms with van der Waals surface area (Å²) in [6, 6.07) is 11.4. The van der Waals surface area contributed by atoms with Crippen LogP contribution in [0.2, 0.25) is 0 Å². The topological polar surface area (TPSA) is 55.6 Å². The predicted molar refractivity (Wildman–Crippen MR) is 87.7 cm³/mol. The number of carbonyl (C=O) groups excluding carboxylic acids is 1. The minimum Gasteiger partial charge on any atom is -0.478 e. The van der Waals surface area contributed by atoms with Crippen molar-refractivity contribution >= 4 is 17.3 Å². The second-order valence-electron chi connectivity index (χ2n) is 6.06. The molecule has 1 aliphatic heterocycles. The van der Waals surface area contributed by atoms with Crippen LogP contribution >= 0.6 is 0 Å². The van der Waals surface area contributed by atoms with Gasteiger partial charge in [0.2, 0.25) is 0 Å². The number of fused-ring (bicyclic) bond motifs is 1. The first-order valence-electron chi connectivity index (χ1n) is 7.57. The van der Waals surface area contributed by atoms with E-state index in [2.05, 4.69) is 0 Å². The Hall–Kier alpha value is -2.56. The minimum atomic E-state index is -0.536. The number of nitrogens with zero attached hydrogens (tertiary/aromatic N) is 1. The summed E-state index contributed by atoms with van der Waals surface area (Å²) in [5, 5.41) is 0. The van der Waals surface area contributed by atoms with Gasteiger partial charge in [0, 0.05) is 5.69 Å². The molecule has 0 saturated heterocycles. The summed E-state index contributed by atoms with van der Waals surface area (Å²) in [6.07, 6.45) is -0.536. The van der Waals surface area contributed by atoms with E-state index in [1.54, 1.807) is 35.2 Å². The van der Waals surface area contributed by atoms with Crippen LogP contribution in [0.5, 0.6) is 5.75 Å². The van der Waals surface area contributed by atoms with Gasteiger partial charge >= 0.3 is 0 Å². The van der Waals surface area contributed by atoms with E-state index in [1.165, 1.54) is 12.1 Å². The van der Waals surface area contributed by atoms with Gasteiger partial charge in [-0.05, 0) is 41.8 Å².